The summed E-state index contributed by atoms with van der Waals surface area (Å²) in [6.07, 6.45) is 4.91. The van der Waals surface area contributed by atoms with Crippen molar-refractivity contribution in [2.45, 2.75) is 51.7 Å². The standard InChI is InChI=1S/C16H28N2O3/c1-4-18(14-7-9-21-16(2,3)10-14)15(19)17-11-13-6-5-8-20-12-13/h6,14H,4-5,7-12H2,1-3H3,(H,17,19). The maximum absolute atomic E-state index is 12.4. The van der Waals surface area contributed by atoms with Gasteiger partial charge in [-0.15, -0.1) is 0 Å². The highest BCUT2D eigenvalue weighted by Crippen LogP contribution is 2.27. The van der Waals surface area contributed by atoms with Crippen molar-refractivity contribution < 1.29 is 14.3 Å². The van der Waals surface area contributed by atoms with Gasteiger partial charge in [0.1, 0.15) is 0 Å². The number of amides is 2. The minimum absolute atomic E-state index is 0.0201. The van der Waals surface area contributed by atoms with Crippen molar-refractivity contribution in [1.82, 2.24) is 10.2 Å². The molecular weight excluding hydrogens is 268 g/mol. The summed E-state index contributed by atoms with van der Waals surface area (Å²) in [4.78, 5) is 14.4. The van der Waals surface area contributed by atoms with E-state index in [1.165, 1.54) is 0 Å². The first-order chi connectivity index (χ1) is 10.0. The van der Waals surface area contributed by atoms with E-state index in [4.69, 9.17) is 9.47 Å². The van der Waals surface area contributed by atoms with Crippen LogP contribution in [0, 0.1) is 0 Å². The van der Waals surface area contributed by atoms with Gasteiger partial charge in [0.2, 0.25) is 0 Å². The fourth-order valence-corrected chi connectivity index (χ4v) is 3.06. The second-order valence-corrected chi connectivity index (χ2v) is 6.40. The summed E-state index contributed by atoms with van der Waals surface area (Å²) in [5, 5.41) is 3.03. The van der Waals surface area contributed by atoms with E-state index in [2.05, 4.69) is 25.2 Å². The van der Waals surface area contributed by atoms with Crippen LogP contribution in [-0.2, 0) is 9.47 Å². The molecule has 0 aromatic heterocycles. The van der Waals surface area contributed by atoms with Crippen LogP contribution in [0.1, 0.15) is 40.0 Å². The lowest BCUT2D eigenvalue weighted by molar-refractivity contribution is -0.0763. The lowest BCUT2D eigenvalue weighted by Gasteiger charge is -2.40. The Kier molecular flexibility index (Phi) is 5.65. The third kappa shape index (κ3) is 4.71. The number of hydrogen-bond acceptors (Lipinski definition) is 3. The number of urea groups is 1. The van der Waals surface area contributed by atoms with Crippen molar-refractivity contribution in [3.63, 3.8) is 0 Å². The molecule has 5 nitrogen and oxygen atoms in total. The number of ether oxygens (including phenoxy) is 2. The van der Waals surface area contributed by atoms with Gasteiger partial charge in [-0.1, -0.05) is 6.08 Å². The highest BCUT2D eigenvalue weighted by atomic mass is 16.5. The van der Waals surface area contributed by atoms with Gasteiger partial charge in [-0.25, -0.2) is 4.79 Å². The van der Waals surface area contributed by atoms with E-state index in [0.717, 1.165) is 44.6 Å². The zero-order chi connectivity index (χ0) is 15.3. The predicted octanol–water partition coefficient (Wildman–Crippen LogP) is 2.32. The number of hydrogen-bond donors (Lipinski definition) is 1. The highest BCUT2D eigenvalue weighted by Gasteiger charge is 2.33. The van der Waals surface area contributed by atoms with Crippen LogP contribution in [0.15, 0.2) is 11.6 Å². The van der Waals surface area contributed by atoms with Crippen LogP contribution in [0.4, 0.5) is 4.79 Å². The summed E-state index contributed by atoms with van der Waals surface area (Å²) < 4.78 is 11.1. The number of carbonyl (C=O) groups excluding carboxylic acids is 1. The Bertz CT molecular complexity index is 393. The molecule has 1 N–H and O–H groups in total. The number of nitrogens with one attached hydrogen (secondary N) is 1. The van der Waals surface area contributed by atoms with Crippen LogP contribution in [0.5, 0.6) is 0 Å². The van der Waals surface area contributed by atoms with E-state index in [1.807, 2.05) is 11.8 Å². The summed E-state index contributed by atoms with van der Waals surface area (Å²) in [5.41, 5.74) is 1.02. The van der Waals surface area contributed by atoms with E-state index in [0.29, 0.717) is 13.2 Å². The topological polar surface area (TPSA) is 50.8 Å². The van der Waals surface area contributed by atoms with Crippen LogP contribution in [0.2, 0.25) is 0 Å². The lowest BCUT2D eigenvalue weighted by Crippen LogP contribution is -2.51. The second-order valence-electron chi connectivity index (χ2n) is 6.40. The molecule has 0 radical (unpaired) electrons. The van der Waals surface area contributed by atoms with E-state index < -0.39 is 0 Å². The molecule has 5 heteroatoms. The summed E-state index contributed by atoms with van der Waals surface area (Å²) in [7, 11) is 0. The summed E-state index contributed by atoms with van der Waals surface area (Å²) in [6, 6.07) is 0.280. The molecule has 0 saturated carbocycles. The average molecular weight is 296 g/mol. The Labute approximate surface area is 127 Å². The monoisotopic (exact) mass is 296 g/mol. The van der Waals surface area contributed by atoms with Crippen LogP contribution in [-0.4, -0.2) is 55.5 Å². The van der Waals surface area contributed by atoms with E-state index in [1.54, 1.807) is 0 Å². The van der Waals surface area contributed by atoms with Crippen molar-refractivity contribution >= 4 is 6.03 Å². The first kappa shape index (κ1) is 16.3. The van der Waals surface area contributed by atoms with Crippen molar-refractivity contribution in [3.8, 4) is 0 Å². The molecule has 1 atom stereocenters. The molecule has 2 heterocycles. The van der Waals surface area contributed by atoms with Crippen LogP contribution in [0.3, 0.4) is 0 Å². The smallest absolute Gasteiger partial charge is 0.317 e. The van der Waals surface area contributed by atoms with Gasteiger partial charge in [-0.3, -0.25) is 0 Å². The molecule has 0 bridgehead atoms. The SMILES string of the molecule is CCN(C(=O)NCC1=CCCOC1)C1CCOC(C)(C)C1. The fourth-order valence-electron chi connectivity index (χ4n) is 3.06. The quantitative estimate of drug-likeness (QED) is 0.810. The molecule has 2 rings (SSSR count). The first-order valence-corrected chi connectivity index (χ1v) is 7.96. The zero-order valence-corrected chi connectivity index (χ0v) is 13.5. The van der Waals surface area contributed by atoms with E-state index in [9.17, 15) is 4.79 Å². The van der Waals surface area contributed by atoms with Gasteiger partial charge in [0.25, 0.3) is 0 Å². The van der Waals surface area contributed by atoms with Gasteiger partial charge in [0.15, 0.2) is 0 Å². The molecule has 2 aliphatic rings. The Morgan fingerprint density at radius 2 is 2.29 bits per heavy atom. The molecule has 120 valence electrons. The Hall–Kier alpha value is -1.07. The average Bonchev–Trinajstić information content (AvgIpc) is 2.46. The molecular formula is C16H28N2O3. The Balaban J connectivity index is 1.87. The highest BCUT2D eigenvalue weighted by molar-refractivity contribution is 5.74. The molecule has 1 saturated heterocycles. The molecule has 0 spiro atoms. The Morgan fingerprint density at radius 3 is 2.90 bits per heavy atom. The minimum Gasteiger partial charge on any atom is -0.377 e. The van der Waals surface area contributed by atoms with Gasteiger partial charge in [0, 0.05) is 25.7 Å². The molecule has 0 aromatic carbocycles. The van der Waals surface area contributed by atoms with Crippen molar-refractivity contribution in [2.75, 3.05) is 32.9 Å². The summed E-state index contributed by atoms with van der Waals surface area (Å²) in [6.45, 7) is 9.67. The van der Waals surface area contributed by atoms with Gasteiger partial charge in [0.05, 0.1) is 18.8 Å². The third-order valence-corrected chi connectivity index (χ3v) is 4.16. The van der Waals surface area contributed by atoms with Crippen LogP contribution in [0.25, 0.3) is 0 Å². The van der Waals surface area contributed by atoms with Crippen molar-refractivity contribution in [1.29, 1.82) is 0 Å². The van der Waals surface area contributed by atoms with Gasteiger partial charge in [-0.2, -0.15) is 0 Å². The molecule has 1 unspecified atom stereocenters. The number of rotatable bonds is 4. The molecule has 21 heavy (non-hydrogen) atoms. The van der Waals surface area contributed by atoms with Gasteiger partial charge < -0.3 is 19.7 Å². The summed E-state index contributed by atoms with van der Waals surface area (Å²) >= 11 is 0. The second kappa shape index (κ2) is 7.27. The van der Waals surface area contributed by atoms with E-state index in [-0.39, 0.29) is 17.7 Å². The Morgan fingerprint density at radius 1 is 1.48 bits per heavy atom. The first-order valence-electron chi connectivity index (χ1n) is 7.96. The van der Waals surface area contributed by atoms with E-state index >= 15 is 0 Å². The molecule has 2 aliphatic heterocycles. The molecule has 0 aliphatic carbocycles. The van der Waals surface area contributed by atoms with Crippen molar-refractivity contribution in [3.05, 3.63) is 11.6 Å². The fraction of sp³-hybridized carbons (Fsp3) is 0.812. The van der Waals surface area contributed by atoms with Crippen molar-refractivity contribution in [2.24, 2.45) is 0 Å². The van der Waals surface area contributed by atoms with Gasteiger partial charge >= 0.3 is 6.03 Å². The molecule has 1 fully saturated rings. The maximum Gasteiger partial charge on any atom is 0.317 e. The zero-order valence-electron chi connectivity index (χ0n) is 13.5. The third-order valence-electron chi connectivity index (χ3n) is 4.16. The predicted molar refractivity (Wildman–Crippen MR) is 82.4 cm³/mol. The normalized spacial score (nSPS) is 25.1. The van der Waals surface area contributed by atoms with Crippen LogP contribution < -0.4 is 5.32 Å². The lowest BCUT2D eigenvalue weighted by atomic mass is 9.93. The number of carbonyl (C=O) groups is 1. The maximum atomic E-state index is 12.4. The minimum atomic E-state index is -0.143. The van der Waals surface area contributed by atoms with Gasteiger partial charge in [-0.05, 0) is 45.6 Å². The van der Waals surface area contributed by atoms with Crippen LogP contribution >= 0.6 is 0 Å². The largest absolute Gasteiger partial charge is 0.377 e. The summed E-state index contributed by atoms with van der Waals surface area (Å²) in [5.74, 6) is 0. The number of nitrogens with zero attached hydrogens (tertiary/aromatic N) is 1. The molecule has 2 amide bonds. The molecule has 0 aromatic rings.